The first-order valence-corrected chi connectivity index (χ1v) is 5.75. The normalized spacial score (nSPS) is 13.9. The van der Waals surface area contributed by atoms with Crippen molar-refractivity contribution in [1.82, 2.24) is 0 Å². The number of hydrogen-bond acceptors (Lipinski definition) is 1. The van der Waals surface area contributed by atoms with Gasteiger partial charge in [-0.3, -0.25) is 0 Å². The van der Waals surface area contributed by atoms with Crippen molar-refractivity contribution < 1.29 is 13.2 Å². The van der Waals surface area contributed by atoms with Crippen LogP contribution >= 0.6 is 15.9 Å². The number of nitrogens with two attached hydrogens (primary N) is 1. The number of hydrogen-bond donors (Lipinski definition) is 1. The highest BCUT2D eigenvalue weighted by Crippen LogP contribution is 2.32. The molecule has 2 N–H and O–H groups in total. The van der Waals surface area contributed by atoms with Crippen LogP contribution in [0.4, 0.5) is 13.2 Å². The average molecular weight is 296 g/mol. The summed E-state index contributed by atoms with van der Waals surface area (Å²) in [5.41, 5.74) is 5.92. The second-order valence-corrected chi connectivity index (χ2v) is 4.53. The van der Waals surface area contributed by atoms with Crippen molar-refractivity contribution in [3.05, 3.63) is 33.8 Å². The molecule has 0 heterocycles. The van der Waals surface area contributed by atoms with Gasteiger partial charge in [-0.1, -0.05) is 28.9 Å². The predicted molar refractivity (Wildman–Crippen MR) is 61.1 cm³/mol. The highest BCUT2D eigenvalue weighted by atomic mass is 79.9. The van der Waals surface area contributed by atoms with Crippen molar-refractivity contribution in [3.8, 4) is 0 Å². The topological polar surface area (TPSA) is 26.0 Å². The minimum absolute atomic E-state index is 0.0203. The fourth-order valence-electron chi connectivity index (χ4n) is 1.32. The molecular formula is C11H13BrF3N. The standard InChI is InChI=1S/C11H13BrF3N/c1-2-9(16)5-7-3-4-8(6-10(7)12)11(13,14)15/h3-4,6,9H,2,5,16H2,1H3. The molecule has 16 heavy (non-hydrogen) atoms. The summed E-state index contributed by atoms with van der Waals surface area (Å²) in [5.74, 6) is 0. The first-order valence-electron chi connectivity index (χ1n) is 4.95. The summed E-state index contributed by atoms with van der Waals surface area (Å²) in [6.45, 7) is 1.95. The monoisotopic (exact) mass is 295 g/mol. The third-order valence-corrected chi connectivity index (χ3v) is 3.13. The van der Waals surface area contributed by atoms with E-state index in [1.807, 2.05) is 6.92 Å². The van der Waals surface area contributed by atoms with Gasteiger partial charge in [-0.2, -0.15) is 13.2 Å². The van der Waals surface area contributed by atoms with Crippen LogP contribution in [0.3, 0.4) is 0 Å². The van der Waals surface area contributed by atoms with E-state index in [1.165, 1.54) is 6.07 Å². The smallest absolute Gasteiger partial charge is 0.327 e. The Labute approximate surface area is 101 Å². The van der Waals surface area contributed by atoms with Gasteiger partial charge in [0, 0.05) is 10.5 Å². The molecule has 1 atom stereocenters. The summed E-state index contributed by atoms with van der Waals surface area (Å²) in [6, 6.07) is 3.64. The van der Waals surface area contributed by atoms with E-state index in [4.69, 9.17) is 5.73 Å². The molecule has 0 aliphatic carbocycles. The van der Waals surface area contributed by atoms with Crippen LogP contribution in [0.15, 0.2) is 22.7 Å². The lowest BCUT2D eigenvalue weighted by Crippen LogP contribution is -2.21. The molecule has 0 aromatic heterocycles. The summed E-state index contributed by atoms with van der Waals surface area (Å²) >= 11 is 3.14. The summed E-state index contributed by atoms with van der Waals surface area (Å²) in [7, 11) is 0. The third-order valence-electron chi connectivity index (χ3n) is 2.39. The minimum Gasteiger partial charge on any atom is -0.327 e. The molecule has 0 spiro atoms. The Balaban J connectivity index is 2.92. The Morgan fingerprint density at radius 3 is 2.44 bits per heavy atom. The van der Waals surface area contributed by atoms with Crippen LogP contribution in [0.25, 0.3) is 0 Å². The fraction of sp³-hybridized carbons (Fsp3) is 0.455. The van der Waals surface area contributed by atoms with Gasteiger partial charge in [0.2, 0.25) is 0 Å². The van der Waals surface area contributed by atoms with Gasteiger partial charge in [0.1, 0.15) is 0 Å². The van der Waals surface area contributed by atoms with Gasteiger partial charge >= 0.3 is 6.18 Å². The van der Waals surface area contributed by atoms with Crippen molar-refractivity contribution in [2.24, 2.45) is 5.73 Å². The maximum Gasteiger partial charge on any atom is 0.416 e. The summed E-state index contributed by atoms with van der Waals surface area (Å²) in [5, 5.41) is 0. The molecule has 0 radical (unpaired) electrons. The molecule has 1 aromatic rings. The van der Waals surface area contributed by atoms with E-state index in [0.717, 1.165) is 24.1 Å². The zero-order chi connectivity index (χ0) is 12.3. The third kappa shape index (κ3) is 3.49. The molecule has 1 nitrogen and oxygen atoms in total. The van der Waals surface area contributed by atoms with Crippen molar-refractivity contribution in [1.29, 1.82) is 0 Å². The molecule has 0 saturated heterocycles. The summed E-state index contributed by atoms with van der Waals surface area (Å²) < 4.78 is 37.6. The van der Waals surface area contributed by atoms with Crippen molar-refractivity contribution in [2.75, 3.05) is 0 Å². The quantitative estimate of drug-likeness (QED) is 0.903. The molecule has 0 bridgehead atoms. The Morgan fingerprint density at radius 1 is 1.38 bits per heavy atom. The molecule has 1 unspecified atom stereocenters. The zero-order valence-corrected chi connectivity index (χ0v) is 10.4. The second kappa shape index (κ2) is 5.19. The molecule has 0 aliphatic rings. The maximum absolute atomic E-state index is 12.4. The van der Waals surface area contributed by atoms with E-state index >= 15 is 0 Å². The summed E-state index contributed by atoms with van der Waals surface area (Å²) in [4.78, 5) is 0. The highest BCUT2D eigenvalue weighted by Gasteiger charge is 2.30. The predicted octanol–water partition coefficient (Wildman–Crippen LogP) is 3.75. The van der Waals surface area contributed by atoms with Crippen molar-refractivity contribution >= 4 is 15.9 Å². The van der Waals surface area contributed by atoms with Gasteiger partial charge in [-0.25, -0.2) is 0 Å². The van der Waals surface area contributed by atoms with Gasteiger partial charge in [0.05, 0.1) is 5.56 Å². The molecule has 1 aromatic carbocycles. The van der Waals surface area contributed by atoms with E-state index in [2.05, 4.69) is 15.9 Å². The number of alkyl halides is 3. The molecule has 0 aliphatic heterocycles. The highest BCUT2D eigenvalue weighted by molar-refractivity contribution is 9.10. The molecular weight excluding hydrogens is 283 g/mol. The van der Waals surface area contributed by atoms with Gasteiger partial charge in [0.25, 0.3) is 0 Å². The zero-order valence-electron chi connectivity index (χ0n) is 8.81. The van der Waals surface area contributed by atoms with E-state index in [9.17, 15) is 13.2 Å². The molecule has 0 saturated carbocycles. The lowest BCUT2D eigenvalue weighted by molar-refractivity contribution is -0.137. The number of rotatable bonds is 3. The van der Waals surface area contributed by atoms with Gasteiger partial charge < -0.3 is 5.73 Å². The van der Waals surface area contributed by atoms with Gasteiger partial charge in [0.15, 0.2) is 0 Å². The van der Waals surface area contributed by atoms with Crippen LogP contribution in [0.5, 0.6) is 0 Å². The van der Waals surface area contributed by atoms with Crippen LogP contribution in [0.1, 0.15) is 24.5 Å². The Hall–Kier alpha value is -0.550. The van der Waals surface area contributed by atoms with Crippen LogP contribution in [0.2, 0.25) is 0 Å². The summed E-state index contributed by atoms with van der Waals surface area (Å²) in [6.07, 6.45) is -2.92. The average Bonchev–Trinajstić information content (AvgIpc) is 2.19. The van der Waals surface area contributed by atoms with E-state index in [-0.39, 0.29) is 6.04 Å². The Kier molecular flexibility index (Phi) is 4.38. The van der Waals surface area contributed by atoms with Crippen LogP contribution < -0.4 is 5.73 Å². The van der Waals surface area contributed by atoms with Crippen LogP contribution in [0, 0.1) is 0 Å². The molecule has 0 amide bonds. The number of benzene rings is 1. The second-order valence-electron chi connectivity index (χ2n) is 3.68. The lowest BCUT2D eigenvalue weighted by Gasteiger charge is -2.12. The van der Waals surface area contributed by atoms with Gasteiger partial charge in [-0.05, 0) is 30.5 Å². The number of halogens is 4. The maximum atomic E-state index is 12.4. The fourth-order valence-corrected chi connectivity index (χ4v) is 1.86. The SMILES string of the molecule is CCC(N)Cc1ccc(C(F)(F)F)cc1Br. The van der Waals surface area contributed by atoms with Crippen molar-refractivity contribution in [2.45, 2.75) is 32.0 Å². The van der Waals surface area contributed by atoms with E-state index in [0.29, 0.717) is 10.9 Å². The van der Waals surface area contributed by atoms with Crippen molar-refractivity contribution in [3.63, 3.8) is 0 Å². The molecule has 5 heteroatoms. The lowest BCUT2D eigenvalue weighted by atomic mass is 10.0. The van der Waals surface area contributed by atoms with Gasteiger partial charge in [-0.15, -0.1) is 0 Å². The van der Waals surface area contributed by atoms with E-state index < -0.39 is 11.7 Å². The molecule has 1 rings (SSSR count). The first-order chi connectivity index (χ1) is 7.34. The van der Waals surface area contributed by atoms with Crippen LogP contribution in [-0.2, 0) is 12.6 Å². The Morgan fingerprint density at radius 2 is 2.00 bits per heavy atom. The Bertz CT molecular complexity index is 363. The largest absolute Gasteiger partial charge is 0.416 e. The van der Waals surface area contributed by atoms with Crippen LogP contribution in [-0.4, -0.2) is 6.04 Å². The molecule has 0 fully saturated rings. The molecule has 90 valence electrons. The van der Waals surface area contributed by atoms with E-state index in [1.54, 1.807) is 0 Å². The first kappa shape index (κ1) is 13.5. The minimum atomic E-state index is -4.30.